The van der Waals surface area contributed by atoms with E-state index in [0.717, 1.165) is 38.1 Å². The first-order chi connectivity index (χ1) is 15.3. The molecule has 0 bridgehead atoms. The van der Waals surface area contributed by atoms with E-state index in [2.05, 4.69) is 19.9 Å². The molecule has 1 fully saturated rings. The van der Waals surface area contributed by atoms with Crippen LogP contribution in [0.3, 0.4) is 0 Å². The van der Waals surface area contributed by atoms with Crippen molar-refractivity contribution in [3.05, 3.63) is 72.2 Å². The Bertz CT molecular complexity index is 1110. The van der Waals surface area contributed by atoms with Gasteiger partial charge in [0.25, 0.3) is 5.91 Å². The summed E-state index contributed by atoms with van der Waals surface area (Å²) in [6.45, 7) is 1.65. The highest BCUT2D eigenvalue weighted by molar-refractivity contribution is 6.05. The second-order valence-corrected chi connectivity index (χ2v) is 7.33. The molecule has 0 aliphatic carbocycles. The molecule has 2 heterocycles. The molecule has 1 N–H and O–H groups in total. The van der Waals surface area contributed by atoms with Crippen LogP contribution in [0.15, 0.2) is 60.8 Å². The van der Waals surface area contributed by atoms with Gasteiger partial charge in [0.2, 0.25) is 0 Å². The van der Waals surface area contributed by atoms with Gasteiger partial charge in [-0.2, -0.15) is 0 Å². The Hall–Kier alpha value is -3.62. The lowest BCUT2D eigenvalue weighted by molar-refractivity contribution is -0.274. The second-order valence-electron chi connectivity index (χ2n) is 7.33. The summed E-state index contributed by atoms with van der Waals surface area (Å²) in [5.41, 5.74) is 1.76. The molecule has 3 aromatic rings. The minimum absolute atomic E-state index is 0.239. The molecule has 1 amide bonds. The predicted molar refractivity (Wildman–Crippen MR) is 112 cm³/mol. The van der Waals surface area contributed by atoms with E-state index < -0.39 is 18.1 Å². The van der Waals surface area contributed by atoms with Gasteiger partial charge in [0.05, 0.1) is 5.56 Å². The predicted octanol–water partition coefficient (Wildman–Crippen LogP) is 5.64. The molecule has 5 nitrogen and oxygen atoms in total. The van der Waals surface area contributed by atoms with Crippen molar-refractivity contribution in [1.29, 1.82) is 0 Å². The molecular formula is C23H19F4N3O2. The second kappa shape index (κ2) is 8.86. The maximum Gasteiger partial charge on any atom is 0.573 e. The van der Waals surface area contributed by atoms with Gasteiger partial charge < -0.3 is 15.0 Å². The smallest absolute Gasteiger partial charge is 0.406 e. The first kappa shape index (κ1) is 21.6. The number of ether oxygens (including phenoxy) is 1. The summed E-state index contributed by atoms with van der Waals surface area (Å²) in [7, 11) is 0. The molecule has 1 saturated heterocycles. The molecular weight excluding hydrogens is 426 g/mol. The number of benzene rings is 2. The van der Waals surface area contributed by atoms with E-state index in [4.69, 9.17) is 0 Å². The van der Waals surface area contributed by atoms with E-state index in [-0.39, 0.29) is 11.3 Å². The molecule has 0 radical (unpaired) electrons. The lowest BCUT2D eigenvalue weighted by Gasteiger charge is -2.21. The Balaban J connectivity index is 1.59. The molecule has 1 aromatic heterocycles. The minimum Gasteiger partial charge on any atom is -0.406 e. The third kappa shape index (κ3) is 5.16. The third-order valence-corrected chi connectivity index (χ3v) is 5.02. The number of amides is 1. The Morgan fingerprint density at radius 2 is 1.75 bits per heavy atom. The van der Waals surface area contributed by atoms with Crippen molar-refractivity contribution in [2.45, 2.75) is 19.2 Å². The lowest BCUT2D eigenvalue weighted by atomic mass is 10.0. The van der Waals surface area contributed by atoms with E-state index in [1.807, 2.05) is 0 Å². The first-order valence-electron chi connectivity index (χ1n) is 9.96. The molecule has 0 spiro atoms. The number of carbonyl (C=O) groups excluding carboxylic acids is 1. The van der Waals surface area contributed by atoms with Crippen LogP contribution in [0.4, 0.5) is 29.1 Å². The normalized spacial score (nSPS) is 13.8. The Morgan fingerprint density at radius 3 is 2.41 bits per heavy atom. The summed E-state index contributed by atoms with van der Waals surface area (Å²) in [5, 5.41) is 2.62. The maximum atomic E-state index is 13.9. The average Bonchev–Trinajstić information content (AvgIpc) is 3.28. The molecule has 32 heavy (non-hydrogen) atoms. The largest absolute Gasteiger partial charge is 0.573 e. The number of nitrogens with one attached hydrogen (secondary N) is 1. The number of aromatic nitrogens is 1. The van der Waals surface area contributed by atoms with Crippen molar-refractivity contribution in [2.75, 3.05) is 23.3 Å². The van der Waals surface area contributed by atoms with Gasteiger partial charge in [-0.1, -0.05) is 12.1 Å². The van der Waals surface area contributed by atoms with Crippen molar-refractivity contribution >= 4 is 17.4 Å². The van der Waals surface area contributed by atoms with Crippen molar-refractivity contribution in [1.82, 2.24) is 4.98 Å². The molecule has 0 atom stereocenters. The van der Waals surface area contributed by atoms with E-state index >= 15 is 0 Å². The van der Waals surface area contributed by atoms with E-state index in [0.29, 0.717) is 22.6 Å². The van der Waals surface area contributed by atoms with Gasteiger partial charge in [0, 0.05) is 30.5 Å². The third-order valence-electron chi connectivity index (χ3n) is 5.02. The Kier molecular flexibility index (Phi) is 5.98. The van der Waals surface area contributed by atoms with E-state index in [9.17, 15) is 22.4 Å². The van der Waals surface area contributed by atoms with Crippen molar-refractivity contribution < 1.29 is 27.1 Å². The number of halogens is 4. The molecule has 9 heteroatoms. The van der Waals surface area contributed by atoms with Gasteiger partial charge in [-0.25, -0.2) is 9.37 Å². The Morgan fingerprint density at radius 1 is 1.03 bits per heavy atom. The van der Waals surface area contributed by atoms with Crippen molar-refractivity contribution in [2.24, 2.45) is 0 Å². The zero-order chi connectivity index (χ0) is 22.7. The van der Waals surface area contributed by atoms with Crippen LogP contribution in [-0.2, 0) is 0 Å². The van der Waals surface area contributed by atoms with Gasteiger partial charge in [0.1, 0.15) is 17.4 Å². The van der Waals surface area contributed by atoms with Crippen LogP contribution in [0.1, 0.15) is 23.2 Å². The average molecular weight is 445 g/mol. The van der Waals surface area contributed by atoms with Crippen LogP contribution >= 0.6 is 0 Å². The SMILES string of the molecule is O=C(Nc1ccc(OC(F)(F)F)cc1)c1cnc(N2CCCC2)c(-c2cccc(F)c2)c1. The van der Waals surface area contributed by atoms with Gasteiger partial charge in [-0.15, -0.1) is 13.2 Å². The lowest BCUT2D eigenvalue weighted by Crippen LogP contribution is -2.21. The molecule has 166 valence electrons. The number of hydrogen-bond donors (Lipinski definition) is 1. The van der Waals surface area contributed by atoms with Crippen LogP contribution in [0, 0.1) is 5.82 Å². The topological polar surface area (TPSA) is 54.5 Å². The zero-order valence-corrected chi connectivity index (χ0v) is 16.8. The van der Waals surface area contributed by atoms with E-state index in [1.165, 1.54) is 30.5 Å². The van der Waals surface area contributed by atoms with Crippen LogP contribution in [-0.4, -0.2) is 30.3 Å². The quantitative estimate of drug-likeness (QED) is 0.517. The number of hydrogen-bond acceptors (Lipinski definition) is 4. The highest BCUT2D eigenvalue weighted by atomic mass is 19.4. The van der Waals surface area contributed by atoms with Gasteiger partial charge in [-0.05, 0) is 60.9 Å². The number of anilines is 2. The number of rotatable bonds is 5. The molecule has 0 saturated carbocycles. The fraction of sp³-hybridized carbons (Fsp3) is 0.217. The van der Waals surface area contributed by atoms with Crippen molar-refractivity contribution in [3.8, 4) is 16.9 Å². The first-order valence-corrected chi connectivity index (χ1v) is 9.96. The summed E-state index contributed by atoms with van der Waals surface area (Å²) in [4.78, 5) is 19.3. The highest BCUT2D eigenvalue weighted by Gasteiger charge is 2.31. The number of nitrogens with zero attached hydrogens (tertiary/aromatic N) is 2. The van der Waals surface area contributed by atoms with Gasteiger partial charge in [0.15, 0.2) is 0 Å². The van der Waals surface area contributed by atoms with Crippen LogP contribution < -0.4 is 15.0 Å². The number of carbonyl (C=O) groups is 1. The summed E-state index contributed by atoms with van der Waals surface area (Å²) < 4.78 is 54.6. The van der Waals surface area contributed by atoms with Gasteiger partial charge in [-0.3, -0.25) is 4.79 Å². The fourth-order valence-electron chi connectivity index (χ4n) is 3.57. The molecule has 0 unspecified atom stereocenters. The van der Waals surface area contributed by atoms with Crippen LogP contribution in [0.2, 0.25) is 0 Å². The number of pyridine rings is 1. The maximum absolute atomic E-state index is 13.9. The van der Waals surface area contributed by atoms with E-state index in [1.54, 1.807) is 18.2 Å². The van der Waals surface area contributed by atoms with Crippen molar-refractivity contribution in [3.63, 3.8) is 0 Å². The number of alkyl halides is 3. The monoisotopic (exact) mass is 445 g/mol. The Labute approximate surface area is 181 Å². The minimum atomic E-state index is -4.79. The molecule has 4 rings (SSSR count). The molecule has 2 aromatic carbocycles. The zero-order valence-electron chi connectivity index (χ0n) is 16.8. The summed E-state index contributed by atoms with van der Waals surface area (Å²) in [6, 6.07) is 12.5. The summed E-state index contributed by atoms with van der Waals surface area (Å²) >= 11 is 0. The van der Waals surface area contributed by atoms with Crippen LogP contribution in [0.5, 0.6) is 5.75 Å². The molecule has 1 aliphatic rings. The summed E-state index contributed by atoms with van der Waals surface area (Å²) in [6.07, 6.45) is -1.30. The van der Waals surface area contributed by atoms with Crippen LogP contribution in [0.25, 0.3) is 11.1 Å². The van der Waals surface area contributed by atoms with Gasteiger partial charge >= 0.3 is 6.36 Å². The molecule has 1 aliphatic heterocycles. The fourth-order valence-corrected chi connectivity index (χ4v) is 3.57. The summed E-state index contributed by atoms with van der Waals surface area (Å²) in [5.74, 6) is -0.600. The highest BCUT2D eigenvalue weighted by Crippen LogP contribution is 2.32. The standard InChI is InChI=1S/C23H19F4N3O2/c24-17-5-3-4-15(12-17)20-13-16(14-28-21(20)30-10-1-2-11-30)22(31)29-18-6-8-19(9-7-18)32-23(25,26)27/h3-9,12-14H,1-2,10-11H2,(H,29,31).